The van der Waals surface area contributed by atoms with Gasteiger partial charge in [-0.2, -0.15) is 21.6 Å². The zero-order valence-corrected chi connectivity index (χ0v) is 12.1. The second kappa shape index (κ2) is 5.84. The predicted molar refractivity (Wildman–Crippen MR) is 69.4 cm³/mol. The van der Waals surface area contributed by atoms with Crippen LogP contribution in [0.15, 0.2) is 24.3 Å². The van der Waals surface area contributed by atoms with Crippen molar-refractivity contribution in [2.24, 2.45) is 5.92 Å². The molecule has 0 bridgehead atoms. The summed E-state index contributed by atoms with van der Waals surface area (Å²) in [6.45, 7) is 0.431. The Labute approximate surface area is 121 Å². The molecule has 0 heterocycles. The van der Waals surface area contributed by atoms with Gasteiger partial charge in [0.25, 0.3) is 0 Å². The standard InChI is InChI=1S/C13H15F3O4S/c1-19-8-12(9-5-6-9)10-3-2-4-11(7-10)20-21(17,18)13(14,15)16/h2-4,7,9,12H,5-6,8H2,1H3. The first-order valence-corrected chi connectivity index (χ1v) is 7.75. The van der Waals surface area contributed by atoms with Crippen molar-refractivity contribution in [2.75, 3.05) is 13.7 Å². The Kier molecular flexibility index (Phi) is 4.48. The van der Waals surface area contributed by atoms with Crippen LogP contribution in [-0.4, -0.2) is 27.6 Å². The number of hydrogen-bond acceptors (Lipinski definition) is 4. The third-order valence-corrected chi connectivity index (χ3v) is 4.29. The van der Waals surface area contributed by atoms with Crippen molar-refractivity contribution in [3.63, 3.8) is 0 Å². The van der Waals surface area contributed by atoms with Gasteiger partial charge in [-0.05, 0) is 36.5 Å². The van der Waals surface area contributed by atoms with Crippen LogP contribution >= 0.6 is 0 Å². The molecule has 1 aromatic carbocycles. The highest BCUT2D eigenvalue weighted by Gasteiger charge is 2.48. The third-order valence-electron chi connectivity index (χ3n) is 3.31. The lowest BCUT2D eigenvalue weighted by Crippen LogP contribution is -2.28. The Morgan fingerprint density at radius 1 is 1.33 bits per heavy atom. The van der Waals surface area contributed by atoms with Gasteiger partial charge in [-0.25, -0.2) is 0 Å². The molecule has 0 saturated heterocycles. The van der Waals surface area contributed by atoms with Crippen molar-refractivity contribution in [2.45, 2.75) is 24.3 Å². The van der Waals surface area contributed by atoms with Crippen LogP contribution < -0.4 is 4.18 Å². The fraction of sp³-hybridized carbons (Fsp3) is 0.538. The van der Waals surface area contributed by atoms with E-state index in [0.29, 0.717) is 18.1 Å². The molecule has 1 fully saturated rings. The lowest BCUT2D eigenvalue weighted by molar-refractivity contribution is -0.0500. The molecule has 1 unspecified atom stereocenters. The summed E-state index contributed by atoms with van der Waals surface area (Å²) >= 11 is 0. The molecule has 1 atom stereocenters. The minimum absolute atomic E-state index is 0.0344. The molecule has 1 aliphatic carbocycles. The number of rotatable bonds is 6. The molecule has 1 aliphatic rings. The molecule has 118 valence electrons. The minimum atomic E-state index is -5.64. The normalized spacial score (nSPS) is 17.5. The van der Waals surface area contributed by atoms with Gasteiger partial charge in [-0.15, -0.1) is 0 Å². The smallest absolute Gasteiger partial charge is 0.384 e. The van der Waals surface area contributed by atoms with Gasteiger partial charge in [0, 0.05) is 13.0 Å². The molecule has 4 nitrogen and oxygen atoms in total. The summed E-state index contributed by atoms with van der Waals surface area (Å²) in [5.41, 5.74) is -4.72. The monoisotopic (exact) mass is 324 g/mol. The maximum atomic E-state index is 12.3. The third kappa shape index (κ3) is 3.88. The molecule has 2 rings (SSSR count). The molecule has 1 aromatic rings. The number of alkyl halides is 3. The van der Waals surface area contributed by atoms with Crippen LogP contribution in [0, 0.1) is 5.92 Å². The maximum absolute atomic E-state index is 12.3. The van der Waals surface area contributed by atoms with Crippen LogP contribution in [0.1, 0.15) is 24.3 Å². The van der Waals surface area contributed by atoms with Gasteiger partial charge in [-0.1, -0.05) is 12.1 Å². The molecule has 0 spiro atoms. The van der Waals surface area contributed by atoms with Gasteiger partial charge in [-0.3, -0.25) is 0 Å². The van der Waals surface area contributed by atoms with Gasteiger partial charge >= 0.3 is 15.6 Å². The van der Waals surface area contributed by atoms with E-state index in [4.69, 9.17) is 4.74 Å². The second-order valence-electron chi connectivity index (χ2n) is 4.95. The molecular weight excluding hydrogens is 309 g/mol. The van der Waals surface area contributed by atoms with Crippen LogP contribution in [0.3, 0.4) is 0 Å². The molecule has 1 saturated carbocycles. The van der Waals surface area contributed by atoms with Crippen molar-refractivity contribution in [3.8, 4) is 5.75 Å². The van der Waals surface area contributed by atoms with Gasteiger partial charge in [0.1, 0.15) is 5.75 Å². The molecule has 0 aliphatic heterocycles. The van der Waals surface area contributed by atoms with Crippen molar-refractivity contribution in [1.29, 1.82) is 0 Å². The molecule has 0 radical (unpaired) electrons. The fourth-order valence-corrected chi connectivity index (χ4v) is 2.61. The first-order valence-electron chi connectivity index (χ1n) is 6.34. The van der Waals surface area contributed by atoms with E-state index in [-0.39, 0.29) is 11.7 Å². The molecule has 0 amide bonds. The Bertz CT molecular complexity index is 594. The molecular formula is C13H15F3O4S. The number of ether oxygens (including phenoxy) is 1. The zero-order valence-electron chi connectivity index (χ0n) is 11.3. The largest absolute Gasteiger partial charge is 0.534 e. The van der Waals surface area contributed by atoms with E-state index in [1.54, 1.807) is 13.2 Å². The number of methoxy groups -OCH3 is 1. The Hall–Kier alpha value is -1.28. The second-order valence-corrected chi connectivity index (χ2v) is 6.49. The van der Waals surface area contributed by atoms with Crippen LogP contribution in [0.25, 0.3) is 0 Å². The van der Waals surface area contributed by atoms with Crippen LogP contribution in [0.4, 0.5) is 13.2 Å². The average molecular weight is 324 g/mol. The summed E-state index contributed by atoms with van der Waals surface area (Å²) in [5, 5.41) is 0. The summed E-state index contributed by atoms with van der Waals surface area (Å²) in [5.74, 6) is 0.109. The van der Waals surface area contributed by atoms with E-state index in [1.165, 1.54) is 18.2 Å². The van der Waals surface area contributed by atoms with Crippen molar-refractivity contribution < 1.29 is 30.5 Å². The Morgan fingerprint density at radius 2 is 2.00 bits per heavy atom. The van der Waals surface area contributed by atoms with Crippen LogP contribution in [0.2, 0.25) is 0 Å². The van der Waals surface area contributed by atoms with Gasteiger partial charge in [0.2, 0.25) is 0 Å². The topological polar surface area (TPSA) is 52.6 Å². The highest BCUT2D eigenvalue weighted by atomic mass is 32.2. The van der Waals surface area contributed by atoms with E-state index in [2.05, 4.69) is 4.18 Å². The zero-order chi connectivity index (χ0) is 15.7. The number of halogens is 3. The highest BCUT2D eigenvalue weighted by molar-refractivity contribution is 7.87. The molecule has 8 heteroatoms. The average Bonchev–Trinajstić information content (AvgIpc) is 3.18. The lowest BCUT2D eigenvalue weighted by atomic mass is 9.95. The first-order chi connectivity index (χ1) is 9.74. The van der Waals surface area contributed by atoms with Gasteiger partial charge in [0.15, 0.2) is 0 Å². The summed E-state index contributed by atoms with van der Waals surface area (Å²) in [6.07, 6.45) is 2.06. The van der Waals surface area contributed by atoms with E-state index < -0.39 is 15.6 Å². The molecule has 21 heavy (non-hydrogen) atoms. The predicted octanol–water partition coefficient (Wildman–Crippen LogP) is 3.06. The minimum Gasteiger partial charge on any atom is -0.384 e. The van der Waals surface area contributed by atoms with Crippen LogP contribution in [-0.2, 0) is 14.9 Å². The number of hydrogen-bond donors (Lipinski definition) is 0. The summed E-state index contributed by atoms with van der Waals surface area (Å²) in [4.78, 5) is 0. The van der Waals surface area contributed by atoms with Crippen LogP contribution in [0.5, 0.6) is 5.75 Å². The van der Waals surface area contributed by atoms with Crippen molar-refractivity contribution in [1.82, 2.24) is 0 Å². The summed E-state index contributed by atoms with van der Waals surface area (Å²) in [6, 6.07) is 5.71. The molecule has 0 N–H and O–H groups in total. The van der Waals surface area contributed by atoms with E-state index in [1.807, 2.05) is 0 Å². The van der Waals surface area contributed by atoms with Crippen molar-refractivity contribution in [3.05, 3.63) is 29.8 Å². The van der Waals surface area contributed by atoms with E-state index in [0.717, 1.165) is 12.8 Å². The lowest BCUT2D eigenvalue weighted by Gasteiger charge is -2.17. The van der Waals surface area contributed by atoms with Gasteiger partial charge < -0.3 is 8.92 Å². The fourth-order valence-electron chi connectivity index (χ4n) is 2.15. The Morgan fingerprint density at radius 3 is 2.52 bits per heavy atom. The Balaban J connectivity index is 2.21. The molecule has 0 aromatic heterocycles. The van der Waals surface area contributed by atoms with E-state index >= 15 is 0 Å². The highest BCUT2D eigenvalue weighted by Crippen LogP contribution is 2.43. The number of benzene rings is 1. The first kappa shape index (κ1) is 16.1. The van der Waals surface area contributed by atoms with Gasteiger partial charge in [0.05, 0.1) is 6.61 Å². The SMILES string of the molecule is COCC(c1cccc(OS(=O)(=O)C(F)(F)F)c1)C1CC1. The summed E-state index contributed by atoms with van der Waals surface area (Å²) < 4.78 is 68.2. The van der Waals surface area contributed by atoms with E-state index in [9.17, 15) is 21.6 Å². The quantitative estimate of drug-likeness (QED) is 0.596. The summed E-state index contributed by atoms with van der Waals surface area (Å²) in [7, 11) is -4.10. The van der Waals surface area contributed by atoms with Crippen molar-refractivity contribution >= 4 is 10.1 Å². The maximum Gasteiger partial charge on any atom is 0.534 e.